The lowest BCUT2D eigenvalue weighted by atomic mass is 9.50. The third kappa shape index (κ3) is 2.76. The Kier molecular flexibility index (Phi) is 4.56. The summed E-state index contributed by atoms with van der Waals surface area (Å²) in [4.78, 5) is 2.55. The largest absolute Gasteiger partial charge is 0.479 e. The molecule has 2 bridgehead atoms. The number of likely N-dealkylation sites (tertiary alicyclic amines) is 1. The first kappa shape index (κ1) is 21.9. The lowest BCUT2D eigenvalue weighted by molar-refractivity contribution is -0.285. The van der Waals surface area contributed by atoms with Crippen LogP contribution in [-0.2, 0) is 31.4 Å². The highest BCUT2D eigenvalue weighted by atomic mass is 32.2. The van der Waals surface area contributed by atoms with E-state index in [2.05, 4.69) is 4.90 Å². The first-order valence-electron chi connectivity index (χ1n) is 12.7. The van der Waals surface area contributed by atoms with Gasteiger partial charge in [0.25, 0.3) is 0 Å². The number of rotatable bonds is 4. The molecule has 0 amide bonds. The fourth-order valence-corrected chi connectivity index (χ4v) is 8.50. The van der Waals surface area contributed by atoms with Crippen molar-refractivity contribution in [2.75, 3.05) is 32.6 Å². The zero-order chi connectivity index (χ0) is 23.3. The van der Waals surface area contributed by atoms with E-state index in [4.69, 9.17) is 18.4 Å². The van der Waals surface area contributed by atoms with Crippen LogP contribution in [0.2, 0.25) is 0 Å². The predicted octanol–water partition coefficient (Wildman–Crippen LogP) is 2.11. The second-order valence-corrected chi connectivity index (χ2v) is 12.8. The van der Waals surface area contributed by atoms with Crippen LogP contribution in [0, 0.1) is 5.92 Å². The Morgan fingerprint density at radius 3 is 2.65 bits per heavy atom. The zero-order valence-corrected chi connectivity index (χ0v) is 20.4. The molecular weight excluding hydrogens is 458 g/mol. The van der Waals surface area contributed by atoms with Crippen molar-refractivity contribution in [1.82, 2.24) is 4.90 Å². The van der Waals surface area contributed by atoms with E-state index in [1.54, 1.807) is 6.07 Å². The second kappa shape index (κ2) is 7.09. The maximum atomic E-state index is 12.7. The van der Waals surface area contributed by atoms with E-state index >= 15 is 0 Å². The van der Waals surface area contributed by atoms with Crippen molar-refractivity contribution in [3.8, 4) is 11.5 Å². The van der Waals surface area contributed by atoms with Gasteiger partial charge in [-0.3, -0.25) is 4.90 Å². The molecule has 1 N–H and O–H groups in total. The van der Waals surface area contributed by atoms with Crippen LogP contribution in [0.3, 0.4) is 0 Å². The average Bonchev–Trinajstić information content (AvgIpc) is 3.34. The molecule has 2 unspecified atom stereocenters. The number of hydrogen-bond donors (Lipinski definition) is 1. The number of hydrogen-bond acceptors (Lipinski definition) is 8. The molecule has 9 heteroatoms. The molecule has 0 radical (unpaired) electrons. The van der Waals surface area contributed by atoms with Crippen molar-refractivity contribution >= 4 is 10.1 Å². The van der Waals surface area contributed by atoms with Crippen LogP contribution in [0.4, 0.5) is 0 Å². The molecule has 186 valence electrons. The van der Waals surface area contributed by atoms with Gasteiger partial charge < -0.3 is 23.5 Å². The van der Waals surface area contributed by atoms with E-state index < -0.39 is 33.0 Å². The Bertz CT molecular complexity index is 1130. The Morgan fingerprint density at radius 1 is 1.15 bits per heavy atom. The number of nitrogens with zero attached hydrogens (tertiary/aromatic N) is 1. The molecule has 6 aliphatic rings. The summed E-state index contributed by atoms with van der Waals surface area (Å²) in [6, 6.07) is 3.67. The molecule has 4 atom stereocenters. The first-order valence-corrected chi connectivity index (χ1v) is 14.5. The minimum absolute atomic E-state index is 0.0134. The summed E-state index contributed by atoms with van der Waals surface area (Å²) in [5, 5.41) is 12.7. The van der Waals surface area contributed by atoms with E-state index in [0.29, 0.717) is 37.7 Å². The predicted molar refractivity (Wildman–Crippen MR) is 122 cm³/mol. The van der Waals surface area contributed by atoms with Gasteiger partial charge >= 0.3 is 10.1 Å². The highest BCUT2D eigenvalue weighted by molar-refractivity contribution is 7.86. The quantitative estimate of drug-likeness (QED) is 0.640. The van der Waals surface area contributed by atoms with Crippen LogP contribution in [-0.4, -0.2) is 74.5 Å². The Labute approximate surface area is 200 Å². The molecule has 8 nitrogen and oxygen atoms in total. The summed E-state index contributed by atoms with van der Waals surface area (Å²) in [6.07, 6.45) is 7.85. The van der Waals surface area contributed by atoms with Crippen molar-refractivity contribution in [1.29, 1.82) is 0 Å². The van der Waals surface area contributed by atoms with Gasteiger partial charge in [0.2, 0.25) is 5.79 Å². The molecule has 0 aromatic heterocycles. The van der Waals surface area contributed by atoms with Crippen LogP contribution >= 0.6 is 0 Å². The first-order chi connectivity index (χ1) is 16.3. The zero-order valence-electron chi connectivity index (χ0n) is 19.6. The van der Waals surface area contributed by atoms with Crippen molar-refractivity contribution in [3.05, 3.63) is 23.3 Å². The van der Waals surface area contributed by atoms with Crippen molar-refractivity contribution in [2.45, 2.75) is 80.3 Å². The molecule has 7 rings (SSSR count). The summed E-state index contributed by atoms with van der Waals surface area (Å²) in [5.41, 5.74) is 0.291. The Hall–Kier alpha value is -1.39. The van der Waals surface area contributed by atoms with Gasteiger partial charge in [-0.1, -0.05) is 12.5 Å². The van der Waals surface area contributed by atoms with Crippen LogP contribution < -0.4 is 8.92 Å². The lowest BCUT2D eigenvalue weighted by Gasteiger charge is -2.61. The van der Waals surface area contributed by atoms with Crippen molar-refractivity contribution < 1.29 is 31.9 Å². The summed E-state index contributed by atoms with van der Waals surface area (Å²) in [7, 11) is -3.75. The minimum Gasteiger partial charge on any atom is -0.479 e. The molecule has 3 heterocycles. The third-order valence-electron chi connectivity index (χ3n) is 9.52. The molecule has 2 spiro atoms. The van der Waals surface area contributed by atoms with Gasteiger partial charge in [0.05, 0.1) is 30.5 Å². The van der Waals surface area contributed by atoms with Gasteiger partial charge in [0, 0.05) is 24.6 Å². The fraction of sp³-hybridized carbons (Fsp3) is 0.760. The number of aliphatic hydroxyl groups is 1. The molecule has 2 saturated heterocycles. The van der Waals surface area contributed by atoms with Gasteiger partial charge in [-0.15, -0.1) is 0 Å². The second-order valence-electron chi connectivity index (χ2n) is 11.2. The minimum atomic E-state index is -3.75. The number of benzene rings is 1. The smallest absolute Gasteiger partial charge is 0.306 e. The normalized spacial score (nSPS) is 38.2. The van der Waals surface area contributed by atoms with E-state index in [-0.39, 0.29) is 11.8 Å². The lowest BCUT2D eigenvalue weighted by Crippen LogP contribution is -2.75. The molecule has 1 aromatic rings. The van der Waals surface area contributed by atoms with Crippen molar-refractivity contribution in [3.63, 3.8) is 0 Å². The topological polar surface area (TPSA) is 94.5 Å². The molecule has 34 heavy (non-hydrogen) atoms. The Balaban J connectivity index is 1.42. The van der Waals surface area contributed by atoms with Gasteiger partial charge in [0.15, 0.2) is 17.6 Å². The highest BCUT2D eigenvalue weighted by Gasteiger charge is 2.76. The number of fused-ring (bicyclic) bond motifs is 1. The molecule has 3 aliphatic carbocycles. The van der Waals surface area contributed by atoms with Gasteiger partial charge in [-0.05, 0) is 62.6 Å². The fourth-order valence-electron chi connectivity index (χ4n) is 8.04. The molecular formula is C25H33NO7S. The van der Waals surface area contributed by atoms with Gasteiger partial charge in [0.1, 0.15) is 0 Å². The molecule has 3 aliphatic heterocycles. The monoisotopic (exact) mass is 491 g/mol. The average molecular weight is 492 g/mol. The highest BCUT2D eigenvalue weighted by Crippen LogP contribution is 2.67. The van der Waals surface area contributed by atoms with E-state index in [0.717, 1.165) is 49.7 Å². The van der Waals surface area contributed by atoms with Crippen LogP contribution in [0.1, 0.15) is 56.1 Å². The summed E-state index contributed by atoms with van der Waals surface area (Å²) in [6.45, 7) is 2.95. The molecule has 2 saturated carbocycles. The Morgan fingerprint density at radius 2 is 1.94 bits per heavy atom. The van der Waals surface area contributed by atoms with Gasteiger partial charge in [-0.2, -0.15) is 8.42 Å². The van der Waals surface area contributed by atoms with Gasteiger partial charge in [-0.25, -0.2) is 0 Å². The maximum absolute atomic E-state index is 12.7. The van der Waals surface area contributed by atoms with E-state index in [1.807, 2.05) is 6.07 Å². The maximum Gasteiger partial charge on any atom is 0.306 e. The summed E-state index contributed by atoms with van der Waals surface area (Å²) in [5.74, 6) is 0.412. The third-order valence-corrected chi connectivity index (χ3v) is 10.0. The van der Waals surface area contributed by atoms with Crippen LogP contribution in [0.15, 0.2) is 12.1 Å². The van der Waals surface area contributed by atoms with E-state index in [1.165, 1.54) is 19.3 Å². The molecule has 4 fully saturated rings. The van der Waals surface area contributed by atoms with Crippen molar-refractivity contribution in [2.24, 2.45) is 5.92 Å². The standard InChI is InChI=1S/C25H33NO7S/c1-34(28,29)33-18-7-6-17-14-19-24(27)9-10-25(30-12-13-31-25)22-23(24,20(17)21(18)32-22)8-3-11-26(19)15-16-4-2-5-16/h6-7,16,19,22,27H,2-5,8-15H2,1H3/t19-,22?,23+,24?/m1/s1. The van der Waals surface area contributed by atoms with Crippen LogP contribution in [0.5, 0.6) is 11.5 Å². The summed E-state index contributed by atoms with van der Waals surface area (Å²) < 4.78 is 48.6. The molecule has 1 aromatic carbocycles. The number of ether oxygens (including phenoxy) is 3. The SMILES string of the molecule is CS(=O)(=O)Oc1ccc2c3c1OC1C4(CCC5(O)[C@@H](C2)N(CC2CCC2)CCC[C@]315)OCCO4. The van der Waals surface area contributed by atoms with Crippen LogP contribution in [0.25, 0.3) is 0 Å². The van der Waals surface area contributed by atoms with E-state index in [9.17, 15) is 13.5 Å². The summed E-state index contributed by atoms with van der Waals surface area (Å²) >= 11 is 0.